The van der Waals surface area contributed by atoms with Crippen LogP contribution in [0, 0.1) is 12.7 Å². The number of carbonyl (C=O) groups is 2. The fourth-order valence-corrected chi connectivity index (χ4v) is 4.63. The van der Waals surface area contributed by atoms with Crippen LogP contribution in [0.5, 0.6) is 0 Å². The third-order valence-electron chi connectivity index (χ3n) is 5.76. The minimum Gasteiger partial charge on any atom is -0.352 e. The zero-order valence-corrected chi connectivity index (χ0v) is 23.1. The van der Waals surface area contributed by atoms with Crippen molar-refractivity contribution in [2.45, 2.75) is 59.2 Å². The van der Waals surface area contributed by atoms with Gasteiger partial charge in [-0.3, -0.25) is 13.9 Å². The van der Waals surface area contributed by atoms with E-state index in [4.69, 9.17) is 0 Å². The number of sulfonamides is 1. The van der Waals surface area contributed by atoms with Gasteiger partial charge in [0, 0.05) is 17.1 Å². The van der Waals surface area contributed by atoms with Crippen LogP contribution in [0.4, 0.5) is 10.1 Å². The Morgan fingerprint density at radius 1 is 1.09 bits per heavy atom. The third-order valence-corrected chi connectivity index (χ3v) is 7.79. The van der Waals surface area contributed by atoms with Gasteiger partial charge in [0.15, 0.2) is 0 Å². The summed E-state index contributed by atoms with van der Waals surface area (Å²) < 4.78 is 40.6. The van der Waals surface area contributed by atoms with Gasteiger partial charge in [-0.1, -0.05) is 41.9 Å². The molecule has 0 fully saturated rings. The number of rotatable bonds is 11. The maximum Gasteiger partial charge on any atom is 0.244 e. The van der Waals surface area contributed by atoms with Gasteiger partial charge < -0.3 is 10.2 Å². The standard InChI is InChI=1S/C25H33BrFN3O4S/c1-6-18(4)28-25(32)23(7-2)29(15-19-8-10-20(27)11-9-19)24(31)16-30(35(5,33)34)21-12-13-22(26)17(3)14-21/h8-14,18,23H,6-7,15-16H2,1-5H3,(H,28,32)/t18-,23-/m1/s1. The van der Waals surface area contributed by atoms with Crippen LogP contribution in [0.3, 0.4) is 0 Å². The fourth-order valence-electron chi connectivity index (χ4n) is 3.54. The monoisotopic (exact) mass is 569 g/mol. The van der Waals surface area contributed by atoms with E-state index in [1.54, 1.807) is 37.3 Å². The van der Waals surface area contributed by atoms with Crippen LogP contribution >= 0.6 is 15.9 Å². The molecule has 0 unspecified atom stereocenters. The van der Waals surface area contributed by atoms with Gasteiger partial charge >= 0.3 is 0 Å². The van der Waals surface area contributed by atoms with Crippen LogP contribution in [-0.2, 0) is 26.2 Å². The number of nitrogens with one attached hydrogen (secondary N) is 1. The second-order valence-corrected chi connectivity index (χ2v) is 11.4. The van der Waals surface area contributed by atoms with Crippen molar-refractivity contribution < 1.29 is 22.4 Å². The highest BCUT2D eigenvalue weighted by molar-refractivity contribution is 9.10. The number of aryl methyl sites for hydroxylation is 1. The van der Waals surface area contributed by atoms with Crippen molar-refractivity contribution in [2.75, 3.05) is 17.1 Å². The first-order chi connectivity index (χ1) is 16.4. The highest BCUT2D eigenvalue weighted by Crippen LogP contribution is 2.25. The first-order valence-electron chi connectivity index (χ1n) is 11.5. The van der Waals surface area contributed by atoms with Gasteiger partial charge in [0.25, 0.3) is 0 Å². The number of halogens is 2. The summed E-state index contributed by atoms with van der Waals surface area (Å²) in [4.78, 5) is 28.0. The predicted octanol–water partition coefficient (Wildman–Crippen LogP) is 4.38. The van der Waals surface area contributed by atoms with E-state index in [9.17, 15) is 22.4 Å². The lowest BCUT2D eigenvalue weighted by atomic mass is 10.1. The Kier molecular flexibility index (Phi) is 10.3. The van der Waals surface area contributed by atoms with E-state index >= 15 is 0 Å². The van der Waals surface area contributed by atoms with Crippen LogP contribution in [0.15, 0.2) is 46.9 Å². The highest BCUT2D eigenvalue weighted by Gasteiger charge is 2.32. The molecular weight excluding hydrogens is 537 g/mol. The second kappa shape index (κ2) is 12.5. The Labute approximate surface area is 215 Å². The lowest BCUT2D eigenvalue weighted by molar-refractivity contribution is -0.140. The Bertz CT molecular complexity index is 1140. The van der Waals surface area contributed by atoms with Crippen molar-refractivity contribution in [3.8, 4) is 0 Å². The second-order valence-electron chi connectivity index (χ2n) is 8.59. The molecule has 2 aromatic rings. The van der Waals surface area contributed by atoms with Crippen LogP contribution < -0.4 is 9.62 Å². The molecule has 192 valence electrons. The number of anilines is 1. The molecule has 2 rings (SSSR count). The SMILES string of the molecule is CC[C@@H](C)NC(=O)[C@@H](CC)N(Cc1ccc(F)cc1)C(=O)CN(c1ccc(Br)c(C)c1)S(C)(=O)=O. The molecular formula is C25H33BrFN3O4S. The normalized spacial score (nSPS) is 13.1. The van der Waals surface area contributed by atoms with Gasteiger partial charge in [-0.2, -0.15) is 0 Å². The van der Waals surface area contributed by atoms with Crippen molar-refractivity contribution in [3.05, 3.63) is 63.9 Å². The number of nitrogens with zero attached hydrogens (tertiary/aromatic N) is 2. The molecule has 0 spiro atoms. The average molecular weight is 571 g/mol. The Morgan fingerprint density at radius 2 is 1.71 bits per heavy atom. The molecule has 0 saturated heterocycles. The molecule has 0 aliphatic heterocycles. The first kappa shape index (κ1) is 28.8. The van der Waals surface area contributed by atoms with E-state index in [2.05, 4.69) is 21.2 Å². The molecule has 0 aromatic heterocycles. The third kappa shape index (κ3) is 8.03. The minimum absolute atomic E-state index is 0.0303. The predicted molar refractivity (Wildman–Crippen MR) is 140 cm³/mol. The lowest BCUT2D eigenvalue weighted by Crippen LogP contribution is -2.53. The summed E-state index contributed by atoms with van der Waals surface area (Å²) in [6.07, 6.45) is 2.08. The van der Waals surface area contributed by atoms with Gasteiger partial charge in [-0.15, -0.1) is 0 Å². The molecule has 2 atom stereocenters. The van der Waals surface area contributed by atoms with Gasteiger partial charge in [0.2, 0.25) is 21.8 Å². The van der Waals surface area contributed by atoms with E-state index < -0.39 is 34.3 Å². The molecule has 1 N–H and O–H groups in total. The van der Waals surface area contributed by atoms with Crippen LogP contribution in [0.1, 0.15) is 44.7 Å². The Morgan fingerprint density at radius 3 is 2.23 bits per heavy atom. The molecule has 10 heteroatoms. The fraction of sp³-hybridized carbons (Fsp3) is 0.440. The molecule has 7 nitrogen and oxygen atoms in total. The Balaban J connectivity index is 2.45. The summed E-state index contributed by atoms with van der Waals surface area (Å²) >= 11 is 3.40. The van der Waals surface area contributed by atoms with Crippen molar-refractivity contribution in [2.24, 2.45) is 0 Å². The molecule has 2 aromatic carbocycles. The van der Waals surface area contributed by atoms with Crippen LogP contribution in [0.2, 0.25) is 0 Å². The summed E-state index contributed by atoms with van der Waals surface area (Å²) in [7, 11) is -3.81. The van der Waals surface area contributed by atoms with Crippen molar-refractivity contribution >= 4 is 43.5 Å². The van der Waals surface area contributed by atoms with E-state index in [-0.39, 0.29) is 18.5 Å². The number of carbonyl (C=O) groups excluding carboxylic acids is 2. The molecule has 0 radical (unpaired) electrons. The van der Waals surface area contributed by atoms with Crippen molar-refractivity contribution in [3.63, 3.8) is 0 Å². The first-order valence-corrected chi connectivity index (χ1v) is 14.1. The van der Waals surface area contributed by atoms with E-state index in [0.717, 1.165) is 27.0 Å². The van der Waals surface area contributed by atoms with E-state index in [1.807, 2.05) is 20.8 Å². The quantitative estimate of drug-likeness (QED) is 0.435. The van der Waals surface area contributed by atoms with Crippen LogP contribution in [-0.4, -0.2) is 50.0 Å². The largest absolute Gasteiger partial charge is 0.352 e. The topological polar surface area (TPSA) is 86.8 Å². The summed E-state index contributed by atoms with van der Waals surface area (Å²) in [5.41, 5.74) is 1.78. The number of hydrogen-bond acceptors (Lipinski definition) is 4. The Hall–Kier alpha value is -2.46. The maximum absolute atomic E-state index is 13.6. The van der Waals surface area contributed by atoms with E-state index in [1.165, 1.54) is 17.0 Å². The van der Waals surface area contributed by atoms with Crippen molar-refractivity contribution in [1.82, 2.24) is 10.2 Å². The molecule has 0 aliphatic carbocycles. The number of amides is 2. The van der Waals surface area contributed by atoms with Gasteiger partial charge in [-0.25, -0.2) is 12.8 Å². The molecule has 35 heavy (non-hydrogen) atoms. The van der Waals surface area contributed by atoms with Gasteiger partial charge in [0.05, 0.1) is 11.9 Å². The van der Waals surface area contributed by atoms with Gasteiger partial charge in [0.1, 0.15) is 18.4 Å². The molecule has 2 amide bonds. The van der Waals surface area contributed by atoms with Crippen LogP contribution in [0.25, 0.3) is 0 Å². The minimum atomic E-state index is -3.81. The molecule has 0 saturated carbocycles. The molecule has 0 bridgehead atoms. The van der Waals surface area contributed by atoms with E-state index in [0.29, 0.717) is 17.7 Å². The molecule has 0 aliphatic rings. The number of hydrogen-bond donors (Lipinski definition) is 1. The molecule has 0 heterocycles. The smallest absolute Gasteiger partial charge is 0.244 e. The van der Waals surface area contributed by atoms with Gasteiger partial charge in [-0.05, 0) is 68.1 Å². The zero-order chi connectivity index (χ0) is 26.3. The maximum atomic E-state index is 13.6. The summed E-state index contributed by atoms with van der Waals surface area (Å²) in [6, 6.07) is 9.75. The summed E-state index contributed by atoms with van der Waals surface area (Å²) in [5, 5.41) is 2.91. The average Bonchev–Trinajstić information content (AvgIpc) is 2.79. The lowest BCUT2D eigenvalue weighted by Gasteiger charge is -2.33. The zero-order valence-electron chi connectivity index (χ0n) is 20.7. The highest BCUT2D eigenvalue weighted by atomic mass is 79.9. The van der Waals surface area contributed by atoms with Crippen molar-refractivity contribution in [1.29, 1.82) is 0 Å². The number of benzene rings is 2. The summed E-state index contributed by atoms with van der Waals surface area (Å²) in [5.74, 6) is -1.27. The summed E-state index contributed by atoms with van der Waals surface area (Å²) in [6.45, 7) is 6.98.